The number of rotatable bonds is 2. The van der Waals surface area contributed by atoms with E-state index in [0.29, 0.717) is 13.0 Å². The van der Waals surface area contributed by atoms with E-state index < -0.39 is 11.9 Å². The minimum Gasteiger partial charge on any atom is -0.481 e. The van der Waals surface area contributed by atoms with Crippen LogP contribution >= 0.6 is 0 Å². The number of carbonyl (C=O) groups excluding carboxylic acids is 1. The lowest BCUT2D eigenvalue weighted by atomic mass is 10.1. The van der Waals surface area contributed by atoms with Gasteiger partial charge in [-0.2, -0.15) is 5.10 Å². The van der Waals surface area contributed by atoms with E-state index in [1.54, 1.807) is 0 Å². The molecule has 1 amide bonds. The molecule has 7 heteroatoms. The number of aromatic amines is 1. The van der Waals surface area contributed by atoms with E-state index in [4.69, 9.17) is 5.11 Å². The van der Waals surface area contributed by atoms with Gasteiger partial charge in [0.05, 0.1) is 5.92 Å². The number of H-pyrrole nitrogens is 1. The molecule has 1 aliphatic rings. The first-order valence-electron chi connectivity index (χ1n) is 5.16. The molecule has 0 spiro atoms. The topological polar surface area (TPSA) is 103 Å². The standard InChI is InChI=1S/C10H11N3O4/c14-8-2-1-7(11-12-8)9(15)13-4-3-6(5-13)10(16)17/h1-2,6H,3-5H2,(H,12,14)(H,16,17)/t6-/m1/s1. The molecule has 0 unspecified atom stereocenters. The van der Waals surface area contributed by atoms with Gasteiger partial charge in [0, 0.05) is 19.2 Å². The van der Waals surface area contributed by atoms with Gasteiger partial charge < -0.3 is 10.0 Å². The summed E-state index contributed by atoms with van der Waals surface area (Å²) in [6.07, 6.45) is 0.449. The van der Waals surface area contributed by atoms with Crippen LogP contribution in [0, 0.1) is 5.92 Å². The van der Waals surface area contributed by atoms with Gasteiger partial charge in [-0.05, 0) is 12.5 Å². The summed E-state index contributed by atoms with van der Waals surface area (Å²) in [5.74, 6) is -1.76. The number of carbonyl (C=O) groups is 2. The van der Waals surface area contributed by atoms with Crippen LogP contribution < -0.4 is 5.56 Å². The Bertz CT molecular complexity index is 490. The predicted molar refractivity (Wildman–Crippen MR) is 56.5 cm³/mol. The predicted octanol–water partition coefficient (Wildman–Crippen LogP) is -0.683. The normalized spacial score (nSPS) is 19.3. The van der Waals surface area contributed by atoms with Crippen LogP contribution in [0.15, 0.2) is 16.9 Å². The van der Waals surface area contributed by atoms with E-state index in [1.807, 2.05) is 0 Å². The molecule has 2 N–H and O–H groups in total. The van der Waals surface area contributed by atoms with Crippen molar-refractivity contribution in [3.63, 3.8) is 0 Å². The fraction of sp³-hybridized carbons (Fsp3) is 0.400. The Labute approximate surface area is 96.1 Å². The minimum atomic E-state index is -0.894. The number of nitrogens with one attached hydrogen (secondary N) is 1. The molecule has 17 heavy (non-hydrogen) atoms. The fourth-order valence-corrected chi connectivity index (χ4v) is 1.77. The quantitative estimate of drug-likeness (QED) is 0.709. The van der Waals surface area contributed by atoms with Crippen molar-refractivity contribution in [3.05, 3.63) is 28.2 Å². The number of nitrogens with zero attached hydrogens (tertiary/aromatic N) is 2. The highest BCUT2D eigenvalue weighted by Gasteiger charge is 2.31. The van der Waals surface area contributed by atoms with Crippen LogP contribution in [0.5, 0.6) is 0 Å². The SMILES string of the molecule is O=C(O)[C@@H]1CCN(C(=O)c2ccc(=O)[nH]n2)C1. The van der Waals surface area contributed by atoms with Gasteiger partial charge >= 0.3 is 5.97 Å². The molecule has 7 nitrogen and oxygen atoms in total. The van der Waals surface area contributed by atoms with E-state index in [2.05, 4.69) is 10.2 Å². The molecule has 0 bridgehead atoms. The second kappa shape index (κ2) is 4.36. The lowest BCUT2D eigenvalue weighted by Gasteiger charge is -2.14. The number of aromatic nitrogens is 2. The number of amides is 1. The smallest absolute Gasteiger partial charge is 0.308 e. The molecule has 0 aliphatic carbocycles. The molecular weight excluding hydrogens is 226 g/mol. The van der Waals surface area contributed by atoms with Crippen LogP contribution in [0.25, 0.3) is 0 Å². The van der Waals surface area contributed by atoms with Gasteiger partial charge in [0.15, 0.2) is 0 Å². The van der Waals surface area contributed by atoms with E-state index in [1.165, 1.54) is 17.0 Å². The minimum absolute atomic E-state index is 0.121. The number of carboxylic acids is 1. The van der Waals surface area contributed by atoms with Crippen molar-refractivity contribution in [2.75, 3.05) is 13.1 Å². The van der Waals surface area contributed by atoms with Crippen molar-refractivity contribution in [1.82, 2.24) is 15.1 Å². The molecule has 1 saturated heterocycles. The van der Waals surface area contributed by atoms with E-state index >= 15 is 0 Å². The van der Waals surface area contributed by atoms with Crippen molar-refractivity contribution >= 4 is 11.9 Å². The molecule has 1 aliphatic heterocycles. The van der Waals surface area contributed by atoms with Crippen molar-refractivity contribution in [2.24, 2.45) is 5.92 Å². The van der Waals surface area contributed by atoms with Crippen LogP contribution in [0.3, 0.4) is 0 Å². The lowest BCUT2D eigenvalue weighted by Crippen LogP contribution is -2.31. The first-order valence-corrected chi connectivity index (χ1v) is 5.16. The van der Waals surface area contributed by atoms with E-state index in [9.17, 15) is 14.4 Å². The second-order valence-corrected chi connectivity index (χ2v) is 3.88. The van der Waals surface area contributed by atoms with Crippen LogP contribution in [0.1, 0.15) is 16.9 Å². The molecule has 1 aromatic rings. The van der Waals surface area contributed by atoms with Gasteiger partial charge in [-0.3, -0.25) is 14.4 Å². The molecule has 0 radical (unpaired) electrons. The van der Waals surface area contributed by atoms with Crippen LogP contribution in [0.2, 0.25) is 0 Å². The van der Waals surface area contributed by atoms with Gasteiger partial charge in [-0.15, -0.1) is 0 Å². The second-order valence-electron chi connectivity index (χ2n) is 3.88. The van der Waals surface area contributed by atoms with Crippen molar-refractivity contribution in [2.45, 2.75) is 6.42 Å². The third-order valence-corrected chi connectivity index (χ3v) is 2.72. The highest BCUT2D eigenvalue weighted by Crippen LogP contribution is 2.17. The Morgan fingerprint density at radius 2 is 2.24 bits per heavy atom. The largest absolute Gasteiger partial charge is 0.481 e. The average molecular weight is 237 g/mol. The van der Waals surface area contributed by atoms with Gasteiger partial charge in [-0.25, -0.2) is 5.10 Å². The van der Waals surface area contributed by atoms with Crippen molar-refractivity contribution in [1.29, 1.82) is 0 Å². The van der Waals surface area contributed by atoms with Gasteiger partial charge in [-0.1, -0.05) is 0 Å². The maximum atomic E-state index is 11.9. The molecule has 2 heterocycles. The first-order chi connectivity index (χ1) is 8.08. The number of likely N-dealkylation sites (tertiary alicyclic amines) is 1. The maximum absolute atomic E-state index is 11.9. The monoisotopic (exact) mass is 237 g/mol. The summed E-state index contributed by atoms with van der Waals surface area (Å²) in [6.45, 7) is 0.589. The van der Waals surface area contributed by atoms with Crippen molar-refractivity contribution in [3.8, 4) is 0 Å². The highest BCUT2D eigenvalue weighted by molar-refractivity contribution is 5.92. The Kier molecular flexibility index (Phi) is 2.90. The van der Waals surface area contributed by atoms with Gasteiger partial charge in [0.25, 0.3) is 11.5 Å². The fourth-order valence-electron chi connectivity index (χ4n) is 1.77. The summed E-state index contributed by atoms with van der Waals surface area (Å²) in [4.78, 5) is 34.8. The first kappa shape index (κ1) is 11.3. The third-order valence-electron chi connectivity index (χ3n) is 2.72. The van der Waals surface area contributed by atoms with Crippen LogP contribution in [-0.4, -0.2) is 45.2 Å². The molecule has 90 valence electrons. The molecule has 0 saturated carbocycles. The Morgan fingerprint density at radius 3 is 2.76 bits per heavy atom. The summed E-state index contributed by atoms with van der Waals surface area (Å²) in [7, 11) is 0. The Balaban J connectivity index is 2.09. The molecular formula is C10H11N3O4. The Morgan fingerprint density at radius 1 is 1.47 bits per heavy atom. The Hall–Kier alpha value is -2.18. The van der Waals surface area contributed by atoms with Gasteiger partial charge in [0.2, 0.25) is 0 Å². The highest BCUT2D eigenvalue weighted by atomic mass is 16.4. The molecule has 1 atom stereocenters. The van der Waals surface area contributed by atoms with Crippen LogP contribution in [0.4, 0.5) is 0 Å². The van der Waals surface area contributed by atoms with E-state index in [-0.39, 0.29) is 23.7 Å². The van der Waals surface area contributed by atoms with E-state index in [0.717, 1.165) is 0 Å². The zero-order chi connectivity index (χ0) is 12.4. The summed E-state index contributed by atoms with van der Waals surface area (Å²) in [5.41, 5.74) is -0.262. The lowest BCUT2D eigenvalue weighted by molar-refractivity contribution is -0.141. The van der Waals surface area contributed by atoms with Crippen LogP contribution in [-0.2, 0) is 4.79 Å². The summed E-state index contributed by atoms with van der Waals surface area (Å²) in [6, 6.07) is 2.54. The average Bonchev–Trinajstić information content (AvgIpc) is 2.78. The zero-order valence-electron chi connectivity index (χ0n) is 8.92. The summed E-state index contributed by atoms with van der Waals surface area (Å²) >= 11 is 0. The third kappa shape index (κ3) is 2.32. The number of hydrogen-bond donors (Lipinski definition) is 2. The molecule has 1 fully saturated rings. The maximum Gasteiger partial charge on any atom is 0.308 e. The summed E-state index contributed by atoms with van der Waals surface area (Å²) in [5, 5.41) is 14.6. The number of aliphatic carboxylic acids is 1. The zero-order valence-corrected chi connectivity index (χ0v) is 8.92. The number of carboxylic acid groups (broad SMARTS) is 1. The molecule has 2 rings (SSSR count). The molecule has 0 aromatic carbocycles. The van der Waals surface area contributed by atoms with Gasteiger partial charge in [0.1, 0.15) is 5.69 Å². The molecule has 1 aromatic heterocycles. The number of hydrogen-bond acceptors (Lipinski definition) is 4. The van der Waals surface area contributed by atoms with Crippen molar-refractivity contribution < 1.29 is 14.7 Å². The summed E-state index contributed by atoms with van der Waals surface area (Å²) < 4.78 is 0.